The molecular formula is C16H22CaO8Sn. The summed E-state index contributed by atoms with van der Waals surface area (Å²) in [5.41, 5.74) is 0. The van der Waals surface area contributed by atoms with Gasteiger partial charge in [-0.1, -0.05) is 0 Å². The Bertz CT molecular complexity index is 498. The zero-order valence-electron chi connectivity index (χ0n) is 15.0. The SMILES string of the molecule is CCC[CH2][Sn]1([CH2]CCC)[O]C(=O)C=CC(=O)[O]1.O=C([O-])/C=C\C(=O)[O-].[Ca+2]. The average Bonchev–Trinajstić information content (AvgIpc) is 2.68. The zero-order chi connectivity index (χ0) is 19.3. The van der Waals surface area contributed by atoms with Crippen LogP contribution in [0.15, 0.2) is 24.3 Å². The van der Waals surface area contributed by atoms with Gasteiger partial charge in [0.25, 0.3) is 0 Å². The summed E-state index contributed by atoms with van der Waals surface area (Å²) >= 11 is -3.49. The number of carbonyl (C=O) groups excluding carboxylic acids is 4. The van der Waals surface area contributed by atoms with Crippen molar-refractivity contribution < 1.29 is 35.5 Å². The number of hydrogen-bond donors (Lipinski definition) is 0. The van der Waals surface area contributed by atoms with Gasteiger partial charge in [0.15, 0.2) is 0 Å². The molecule has 0 aliphatic carbocycles. The Morgan fingerprint density at radius 2 is 1.27 bits per heavy atom. The van der Waals surface area contributed by atoms with Gasteiger partial charge in [-0.2, -0.15) is 0 Å². The summed E-state index contributed by atoms with van der Waals surface area (Å²) in [6.45, 7) is 4.16. The molecule has 0 aromatic carbocycles. The zero-order valence-corrected chi connectivity index (χ0v) is 20.1. The first-order valence-electron chi connectivity index (χ1n) is 7.98. The Morgan fingerprint density at radius 1 is 0.923 bits per heavy atom. The number of rotatable bonds is 8. The van der Waals surface area contributed by atoms with Crippen molar-refractivity contribution in [2.45, 2.75) is 48.4 Å². The third kappa shape index (κ3) is 13.6. The van der Waals surface area contributed by atoms with Gasteiger partial charge in [-0.15, -0.1) is 0 Å². The molecule has 1 heterocycles. The topological polar surface area (TPSA) is 133 Å². The summed E-state index contributed by atoms with van der Waals surface area (Å²) in [6, 6.07) is 0. The Morgan fingerprint density at radius 3 is 1.54 bits per heavy atom. The average molecular weight is 501 g/mol. The molecule has 0 spiro atoms. The van der Waals surface area contributed by atoms with Crippen LogP contribution in [0.3, 0.4) is 0 Å². The fourth-order valence-corrected chi connectivity index (χ4v) is 11.5. The second kappa shape index (κ2) is 15.5. The minimum absolute atomic E-state index is 0. The van der Waals surface area contributed by atoms with Crippen molar-refractivity contribution in [1.29, 1.82) is 0 Å². The molecule has 0 saturated carbocycles. The molecule has 1 aliphatic rings. The van der Waals surface area contributed by atoms with Gasteiger partial charge >= 0.3 is 145 Å². The van der Waals surface area contributed by atoms with E-state index in [9.17, 15) is 29.4 Å². The van der Waals surface area contributed by atoms with E-state index in [1.54, 1.807) is 0 Å². The van der Waals surface area contributed by atoms with Crippen LogP contribution in [-0.2, 0) is 25.3 Å². The summed E-state index contributed by atoms with van der Waals surface area (Å²) in [6.07, 6.45) is 7.09. The number of unbranched alkanes of at least 4 members (excludes halogenated alkanes) is 2. The number of hydrogen-bond acceptors (Lipinski definition) is 8. The third-order valence-corrected chi connectivity index (χ3v) is 12.7. The van der Waals surface area contributed by atoms with Crippen molar-refractivity contribution in [3.63, 3.8) is 0 Å². The van der Waals surface area contributed by atoms with Crippen LogP contribution in [0.4, 0.5) is 0 Å². The molecule has 10 heteroatoms. The maximum absolute atomic E-state index is 11.5. The Labute approximate surface area is 187 Å². The van der Waals surface area contributed by atoms with Crippen molar-refractivity contribution in [1.82, 2.24) is 0 Å². The van der Waals surface area contributed by atoms with Crippen LogP contribution in [0.25, 0.3) is 0 Å². The molecule has 8 nitrogen and oxygen atoms in total. The molecule has 0 bridgehead atoms. The van der Waals surface area contributed by atoms with Gasteiger partial charge in [0, 0.05) is 0 Å². The summed E-state index contributed by atoms with van der Waals surface area (Å²) in [4.78, 5) is 41.8. The fourth-order valence-electron chi connectivity index (χ4n) is 1.95. The van der Waals surface area contributed by atoms with Gasteiger partial charge < -0.3 is 19.8 Å². The molecule has 0 radical (unpaired) electrons. The van der Waals surface area contributed by atoms with E-state index in [0.29, 0.717) is 12.2 Å². The molecule has 1 aliphatic heterocycles. The fraction of sp³-hybridized carbons (Fsp3) is 0.500. The quantitative estimate of drug-likeness (QED) is 0.317. The van der Waals surface area contributed by atoms with Crippen LogP contribution >= 0.6 is 0 Å². The van der Waals surface area contributed by atoms with Crippen LogP contribution in [0.1, 0.15) is 39.5 Å². The minimum atomic E-state index is -3.49. The summed E-state index contributed by atoms with van der Waals surface area (Å²) < 4.78 is 12.6. The van der Waals surface area contributed by atoms with Crippen molar-refractivity contribution in [2.75, 3.05) is 0 Å². The number of carbonyl (C=O) groups is 4. The molecule has 0 atom stereocenters. The van der Waals surface area contributed by atoms with E-state index in [2.05, 4.69) is 13.8 Å². The molecule has 0 unspecified atom stereocenters. The van der Waals surface area contributed by atoms with Crippen LogP contribution in [0, 0.1) is 0 Å². The monoisotopic (exact) mass is 502 g/mol. The first-order valence-corrected chi connectivity index (χ1v) is 14.4. The molecule has 0 aromatic rings. The van der Waals surface area contributed by atoms with Crippen molar-refractivity contribution in [3.05, 3.63) is 24.3 Å². The van der Waals surface area contributed by atoms with Crippen molar-refractivity contribution in [3.8, 4) is 0 Å². The summed E-state index contributed by atoms with van der Waals surface area (Å²) in [5, 5.41) is 18.8. The smallest absolute Gasteiger partial charge is 0.545 e. The maximum atomic E-state index is 11.5. The van der Waals surface area contributed by atoms with Crippen molar-refractivity contribution >= 4 is 80.8 Å². The van der Waals surface area contributed by atoms with Crippen molar-refractivity contribution in [2.24, 2.45) is 0 Å². The first-order chi connectivity index (χ1) is 11.7. The van der Waals surface area contributed by atoms with E-state index in [-0.39, 0.29) is 37.7 Å². The van der Waals surface area contributed by atoms with Crippen LogP contribution in [0.5, 0.6) is 0 Å². The molecule has 0 amide bonds. The van der Waals surface area contributed by atoms with Gasteiger partial charge in [-0.25, -0.2) is 0 Å². The second-order valence-electron chi connectivity index (χ2n) is 5.26. The largest absolute Gasteiger partial charge is 2.00 e. The number of carboxylic acid groups (broad SMARTS) is 2. The van der Waals surface area contributed by atoms with Gasteiger partial charge in [-0.3, -0.25) is 0 Å². The second-order valence-corrected chi connectivity index (χ2v) is 14.5. The van der Waals surface area contributed by atoms with Crippen LogP contribution < -0.4 is 10.2 Å². The van der Waals surface area contributed by atoms with Crippen LogP contribution in [-0.4, -0.2) is 80.8 Å². The molecule has 1 rings (SSSR count). The molecule has 0 fully saturated rings. The van der Waals surface area contributed by atoms with E-state index in [1.165, 1.54) is 12.2 Å². The van der Waals surface area contributed by atoms with Gasteiger partial charge in [0.1, 0.15) is 0 Å². The van der Waals surface area contributed by atoms with Gasteiger partial charge in [-0.05, 0) is 12.2 Å². The molecule has 0 aromatic heterocycles. The molecular weight excluding hydrogens is 479 g/mol. The first kappa shape index (κ1) is 27.6. The molecule has 0 saturated heterocycles. The third-order valence-electron chi connectivity index (χ3n) is 3.11. The molecule has 140 valence electrons. The van der Waals surface area contributed by atoms with Gasteiger partial charge in [0.2, 0.25) is 0 Å². The standard InChI is InChI=1S/2C4H4O4.2C4H9.Ca.Sn/c2*5-3(6)1-2-4(7)8;2*1-3-4-2;;/h2*1-2H,(H,5,6)(H,7,8);2*1,3-4H2,2H3;;/q;;;;2*+2/p-4/b2-1-;;;;;. The van der Waals surface area contributed by atoms with E-state index in [0.717, 1.165) is 34.6 Å². The predicted octanol–water partition coefficient (Wildman–Crippen LogP) is -0.653. The van der Waals surface area contributed by atoms with E-state index in [1.807, 2.05) is 0 Å². The summed E-state index contributed by atoms with van der Waals surface area (Å²) in [5.74, 6) is -3.90. The van der Waals surface area contributed by atoms with E-state index >= 15 is 0 Å². The summed E-state index contributed by atoms with van der Waals surface area (Å²) in [7, 11) is 0. The van der Waals surface area contributed by atoms with Crippen LogP contribution in [0.2, 0.25) is 8.87 Å². The Kier molecular flexibility index (Phi) is 16.4. The van der Waals surface area contributed by atoms with E-state index in [4.69, 9.17) is 6.15 Å². The minimum Gasteiger partial charge on any atom is -0.545 e. The van der Waals surface area contributed by atoms with E-state index < -0.39 is 43.1 Å². The molecule has 26 heavy (non-hydrogen) atoms. The van der Waals surface area contributed by atoms with Gasteiger partial charge in [0.05, 0.1) is 11.9 Å². The predicted molar refractivity (Wildman–Crippen MR) is 91.4 cm³/mol. The maximum Gasteiger partial charge on any atom is 2.00 e. The Balaban J connectivity index is 0. The molecule has 0 N–H and O–H groups in total. The normalized spacial score (nSPS) is 15.0. The number of aliphatic carboxylic acids is 2. The number of carboxylic acids is 2. The Hall–Kier alpha value is -0.582.